The zero-order valence-electron chi connectivity index (χ0n) is 25.1. The van der Waals surface area contributed by atoms with E-state index in [0.717, 1.165) is 29.0 Å². The van der Waals surface area contributed by atoms with Gasteiger partial charge in [-0.15, -0.1) is 0 Å². The molecular formula is C32H28F4N6O5. The van der Waals surface area contributed by atoms with Gasteiger partial charge in [0.15, 0.2) is 17.3 Å². The molecule has 15 heteroatoms. The van der Waals surface area contributed by atoms with Crippen LogP contribution in [-0.4, -0.2) is 43.9 Å². The van der Waals surface area contributed by atoms with Crippen molar-refractivity contribution < 1.29 is 31.8 Å². The lowest BCUT2D eigenvalue weighted by Gasteiger charge is -2.33. The molecule has 4 heterocycles. The number of nitrogens with one attached hydrogen (secondary N) is 1. The van der Waals surface area contributed by atoms with Crippen LogP contribution in [0, 0.1) is 11.6 Å². The Morgan fingerprint density at radius 2 is 1.64 bits per heavy atom. The fourth-order valence-electron chi connectivity index (χ4n) is 5.16. The highest BCUT2D eigenvalue weighted by molar-refractivity contribution is 5.86. The van der Waals surface area contributed by atoms with Crippen LogP contribution >= 0.6 is 0 Å². The van der Waals surface area contributed by atoms with Gasteiger partial charge in [-0.2, -0.15) is 5.10 Å². The van der Waals surface area contributed by atoms with Crippen molar-refractivity contribution in [2.75, 3.05) is 23.3 Å². The minimum absolute atomic E-state index is 0.0339. The second-order valence-electron chi connectivity index (χ2n) is 11.2. The lowest BCUT2D eigenvalue weighted by Crippen LogP contribution is -2.40. The van der Waals surface area contributed by atoms with E-state index in [2.05, 4.69) is 10.4 Å². The maximum atomic E-state index is 15.2. The van der Waals surface area contributed by atoms with Gasteiger partial charge >= 0.3 is 17.3 Å². The van der Waals surface area contributed by atoms with Crippen LogP contribution in [0.5, 0.6) is 17.2 Å². The molecule has 0 spiro atoms. The zero-order chi connectivity index (χ0) is 33.5. The molecule has 0 aliphatic carbocycles. The molecule has 1 aliphatic heterocycles. The van der Waals surface area contributed by atoms with Gasteiger partial charge in [0.2, 0.25) is 5.75 Å². The third-order valence-electron chi connectivity index (χ3n) is 7.64. The fraction of sp³-hybridized carbons (Fsp3) is 0.250. The number of piperidine rings is 1. The molecule has 1 saturated heterocycles. The number of alkyl halides is 2. The molecule has 244 valence electrons. The first-order valence-corrected chi connectivity index (χ1v) is 14.6. The number of hydrogen-bond acceptors (Lipinski definition) is 7. The third kappa shape index (κ3) is 6.55. The van der Waals surface area contributed by atoms with E-state index in [1.807, 2.05) is 0 Å². The molecule has 6 rings (SSSR count). The van der Waals surface area contributed by atoms with Crippen molar-refractivity contribution in [2.45, 2.75) is 38.7 Å². The van der Waals surface area contributed by atoms with Crippen molar-refractivity contribution in [1.82, 2.24) is 18.7 Å². The number of rotatable bonds is 7. The lowest BCUT2D eigenvalue weighted by molar-refractivity contribution is -0.0220. The first kappa shape index (κ1) is 31.4. The smallest absolute Gasteiger partial charge is 0.417 e. The first-order valence-electron chi connectivity index (χ1n) is 14.6. The SMILES string of the molecule is CC(C)n1cc(OC(=O)Nc2ccc(Oc3cc(N4CCC(F)(F)CC4)cn4nccc34)c(F)c2)c(=O)n(-c2ccc(F)cc2)c1=O. The van der Waals surface area contributed by atoms with Crippen molar-refractivity contribution in [3.05, 3.63) is 106 Å². The van der Waals surface area contributed by atoms with Crippen molar-refractivity contribution in [1.29, 1.82) is 0 Å². The van der Waals surface area contributed by atoms with Crippen LogP contribution in [0.1, 0.15) is 32.7 Å². The molecule has 0 radical (unpaired) electrons. The molecule has 47 heavy (non-hydrogen) atoms. The molecule has 1 fully saturated rings. The van der Waals surface area contributed by atoms with Crippen molar-refractivity contribution in [3.8, 4) is 22.9 Å². The highest BCUT2D eigenvalue weighted by Crippen LogP contribution is 2.35. The van der Waals surface area contributed by atoms with Gasteiger partial charge in [0.25, 0.3) is 5.92 Å². The van der Waals surface area contributed by atoms with Gasteiger partial charge in [0.1, 0.15) is 11.3 Å². The Kier molecular flexibility index (Phi) is 8.21. The topological polar surface area (TPSA) is 112 Å². The second kappa shape index (κ2) is 12.3. The molecule has 1 N–H and O–H groups in total. The van der Waals surface area contributed by atoms with Crippen LogP contribution in [0.2, 0.25) is 0 Å². The summed E-state index contributed by atoms with van der Waals surface area (Å²) < 4.78 is 70.7. The van der Waals surface area contributed by atoms with Crippen LogP contribution in [0.3, 0.4) is 0 Å². The Hall–Kier alpha value is -5.60. The largest absolute Gasteiger partial charge is 0.452 e. The number of pyridine rings is 1. The molecule has 11 nitrogen and oxygen atoms in total. The number of hydrogen-bond donors (Lipinski definition) is 1. The predicted octanol–water partition coefficient (Wildman–Crippen LogP) is 6.14. The van der Waals surface area contributed by atoms with Crippen molar-refractivity contribution in [3.63, 3.8) is 0 Å². The summed E-state index contributed by atoms with van der Waals surface area (Å²) in [7, 11) is 0. The Morgan fingerprint density at radius 3 is 2.32 bits per heavy atom. The first-order chi connectivity index (χ1) is 22.4. The number of benzene rings is 2. The molecule has 0 unspecified atom stereocenters. The van der Waals surface area contributed by atoms with E-state index in [4.69, 9.17) is 9.47 Å². The van der Waals surface area contributed by atoms with Crippen LogP contribution in [-0.2, 0) is 0 Å². The number of carbonyl (C=O) groups is 1. The van der Waals surface area contributed by atoms with E-state index >= 15 is 4.39 Å². The monoisotopic (exact) mass is 652 g/mol. The highest BCUT2D eigenvalue weighted by atomic mass is 19.3. The summed E-state index contributed by atoms with van der Waals surface area (Å²) in [5.41, 5.74) is -0.567. The predicted molar refractivity (Wildman–Crippen MR) is 164 cm³/mol. The fourth-order valence-corrected chi connectivity index (χ4v) is 5.16. The van der Waals surface area contributed by atoms with Crippen LogP contribution in [0.4, 0.5) is 33.7 Å². The standard InChI is InChI=1S/C32H28F4N6O5/c1-19(2)40-18-28(29(43)42(31(40)45)22-6-3-20(33)4-7-22)47-30(44)38-21-5-8-26(24(34)15-21)46-27-16-23(17-41-25(27)9-12-37-41)39-13-10-32(35,36)11-14-39/h3-9,12,15-19H,10-11,13-14H2,1-2H3,(H,38,44). The summed E-state index contributed by atoms with van der Waals surface area (Å²) in [5.74, 6) is -4.61. The van der Waals surface area contributed by atoms with Gasteiger partial charge in [-0.05, 0) is 56.3 Å². The number of amides is 1. The highest BCUT2D eigenvalue weighted by Gasteiger charge is 2.34. The second-order valence-corrected chi connectivity index (χ2v) is 11.2. The minimum atomic E-state index is -2.72. The minimum Gasteiger partial charge on any atom is -0.452 e. The van der Waals surface area contributed by atoms with Crippen LogP contribution in [0.25, 0.3) is 11.2 Å². The van der Waals surface area contributed by atoms with Gasteiger partial charge in [-0.25, -0.2) is 36.2 Å². The number of ether oxygens (including phenoxy) is 2. The molecule has 1 aliphatic rings. The Bertz CT molecular complexity index is 2080. The zero-order valence-corrected chi connectivity index (χ0v) is 25.1. The summed E-state index contributed by atoms with van der Waals surface area (Å²) in [5, 5.41) is 6.55. The average molecular weight is 653 g/mol. The van der Waals surface area contributed by atoms with E-state index in [1.54, 1.807) is 37.1 Å². The van der Waals surface area contributed by atoms with E-state index in [1.165, 1.54) is 39.5 Å². The number of nitrogens with zero attached hydrogens (tertiary/aromatic N) is 5. The maximum absolute atomic E-state index is 15.2. The van der Waals surface area contributed by atoms with Gasteiger partial charge in [0.05, 0.1) is 30.0 Å². The van der Waals surface area contributed by atoms with Crippen LogP contribution in [0.15, 0.2) is 82.8 Å². The Balaban J connectivity index is 1.21. The Morgan fingerprint density at radius 1 is 0.915 bits per heavy atom. The average Bonchev–Trinajstić information content (AvgIpc) is 3.50. The number of anilines is 2. The summed E-state index contributed by atoms with van der Waals surface area (Å²) in [6.07, 6.45) is 2.56. The van der Waals surface area contributed by atoms with Gasteiger partial charge in [0, 0.05) is 49.8 Å². The van der Waals surface area contributed by atoms with E-state index in [9.17, 15) is 27.6 Å². The molecule has 2 aromatic carbocycles. The maximum Gasteiger partial charge on any atom is 0.417 e. The summed E-state index contributed by atoms with van der Waals surface area (Å²) >= 11 is 0. The van der Waals surface area contributed by atoms with Gasteiger partial charge in [-0.3, -0.25) is 14.7 Å². The normalized spacial score (nSPS) is 14.4. The molecule has 0 bridgehead atoms. The summed E-state index contributed by atoms with van der Waals surface area (Å²) in [6, 6.07) is 11.1. The van der Waals surface area contributed by atoms with E-state index in [0.29, 0.717) is 11.2 Å². The number of halogens is 4. The van der Waals surface area contributed by atoms with E-state index in [-0.39, 0.29) is 48.8 Å². The summed E-state index contributed by atoms with van der Waals surface area (Å²) in [6.45, 7) is 3.62. The number of carbonyl (C=O) groups excluding carboxylic acids is 1. The molecule has 0 atom stereocenters. The number of fused-ring (bicyclic) bond motifs is 1. The van der Waals surface area contributed by atoms with Gasteiger partial charge < -0.3 is 14.4 Å². The summed E-state index contributed by atoms with van der Waals surface area (Å²) in [4.78, 5) is 40.8. The molecule has 0 saturated carbocycles. The van der Waals surface area contributed by atoms with Gasteiger partial charge in [-0.1, -0.05) is 0 Å². The molecule has 3 aromatic heterocycles. The Labute approximate surface area is 264 Å². The lowest BCUT2D eigenvalue weighted by atomic mass is 10.1. The van der Waals surface area contributed by atoms with E-state index < -0.39 is 46.7 Å². The number of aromatic nitrogens is 4. The molecular weight excluding hydrogens is 624 g/mol. The molecule has 5 aromatic rings. The van der Waals surface area contributed by atoms with Crippen molar-refractivity contribution in [2.24, 2.45) is 0 Å². The third-order valence-corrected chi connectivity index (χ3v) is 7.64. The molecule has 1 amide bonds. The van der Waals surface area contributed by atoms with Crippen LogP contribution < -0.4 is 30.9 Å². The van der Waals surface area contributed by atoms with Crippen molar-refractivity contribution >= 4 is 23.0 Å². The quantitative estimate of drug-likeness (QED) is 0.210.